The molecule has 1 saturated carbocycles. The lowest BCUT2D eigenvalue weighted by Crippen LogP contribution is -2.56. The SMILES string of the molecule is CCOc1cc(C2C(C(=O)Nc3ccccc3)C(=O)CC(C)(O)C2C(=O)Nc2ccccc2)ccc1O. The van der Waals surface area contributed by atoms with Gasteiger partial charge in [0.15, 0.2) is 11.5 Å². The molecule has 4 N–H and O–H groups in total. The van der Waals surface area contributed by atoms with E-state index < -0.39 is 41.0 Å². The lowest BCUT2D eigenvalue weighted by molar-refractivity contribution is -0.150. The largest absolute Gasteiger partial charge is 0.504 e. The maximum atomic E-state index is 13.7. The second-order valence-electron chi connectivity index (χ2n) is 9.35. The Labute approximate surface area is 215 Å². The molecule has 0 radical (unpaired) electrons. The fourth-order valence-electron chi connectivity index (χ4n) is 4.98. The number of carbonyl (C=O) groups excluding carboxylic acids is 3. The lowest BCUT2D eigenvalue weighted by atomic mass is 9.61. The topological polar surface area (TPSA) is 125 Å². The average Bonchev–Trinajstić information content (AvgIpc) is 2.85. The molecule has 0 spiro atoms. The van der Waals surface area contributed by atoms with Crippen molar-refractivity contribution in [3.05, 3.63) is 84.4 Å². The molecule has 8 nitrogen and oxygen atoms in total. The quantitative estimate of drug-likeness (QED) is 0.361. The Kier molecular flexibility index (Phi) is 7.59. The molecule has 0 heterocycles. The molecule has 1 aliphatic rings. The molecule has 4 rings (SSSR count). The number of phenolic OH excluding ortho intramolecular Hbond substituents is 1. The summed E-state index contributed by atoms with van der Waals surface area (Å²) in [7, 11) is 0. The Hall–Kier alpha value is -4.17. The van der Waals surface area contributed by atoms with Crippen molar-refractivity contribution < 1.29 is 29.3 Å². The third-order valence-corrected chi connectivity index (χ3v) is 6.58. The fourth-order valence-corrected chi connectivity index (χ4v) is 4.98. The molecule has 1 fully saturated rings. The van der Waals surface area contributed by atoms with E-state index >= 15 is 0 Å². The molecule has 1 aliphatic carbocycles. The summed E-state index contributed by atoms with van der Waals surface area (Å²) in [4.78, 5) is 40.6. The molecule has 4 unspecified atom stereocenters. The zero-order chi connectivity index (χ0) is 26.6. The zero-order valence-electron chi connectivity index (χ0n) is 20.7. The van der Waals surface area contributed by atoms with E-state index in [9.17, 15) is 24.6 Å². The molecule has 0 aromatic heterocycles. The van der Waals surface area contributed by atoms with Crippen LogP contribution >= 0.6 is 0 Å². The predicted molar refractivity (Wildman–Crippen MR) is 139 cm³/mol. The van der Waals surface area contributed by atoms with E-state index in [1.54, 1.807) is 67.6 Å². The van der Waals surface area contributed by atoms with Crippen LogP contribution in [0, 0.1) is 11.8 Å². The minimum Gasteiger partial charge on any atom is -0.504 e. The zero-order valence-corrected chi connectivity index (χ0v) is 20.7. The molecular weight excluding hydrogens is 472 g/mol. The van der Waals surface area contributed by atoms with Crippen LogP contribution in [0.4, 0.5) is 11.4 Å². The van der Waals surface area contributed by atoms with Crippen LogP contribution in [0.1, 0.15) is 31.7 Å². The van der Waals surface area contributed by atoms with Crippen molar-refractivity contribution in [3.8, 4) is 11.5 Å². The molecule has 192 valence electrons. The van der Waals surface area contributed by atoms with Gasteiger partial charge >= 0.3 is 0 Å². The molecule has 3 aromatic rings. The summed E-state index contributed by atoms with van der Waals surface area (Å²) in [5.41, 5.74) is -0.309. The first-order chi connectivity index (χ1) is 17.7. The molecule has 0 bridgehead atoms. The van der Waals surface area contributed by atoms with Crippen LogP contribution < -0.4 is 15.4 Å². The lowest BCUT2D eigenvalue weighted by Gasteiger charge is -2.44. The van der Waals surface area contributed by atoms with E-state index in [1.807, 2.05) is 6.07 Å². The molecule has 37 heavy (non-hydrogen) atoms. The van der Waals surface area contributed by atoms with Crippen molar-refractivity contribution in [2.45, 2.75) is 31.8 Å². The van der Waals surface area contributed by atoms with Gasteiger partial charge < -0.3 is 25.6 Å². The highest BCUT2D eigenvalue weighted by Crippen LogP contribution is 2.48. The van der Waals surface area contributed by atoms with Crippen molar-refractivity contribution in [3.63, 3.8) is 0 Å². The number of anilines is 2. The van der Waals surface area contributed by atoms with Crippen LogP contribution in [0.2, 0.25) is 0 Å². The second kappa shape index (κ2) is 10.8. The van der Waals surface area contributed by atoms with Gasteiger partial charge in [0.05, 0.1) is 18.1 Å². The van der Waals surface area contributed by atoms with Gasteiger partial charge in [-0.3, -0.25) is 14.4 Å². The van der Waals surface area contributed by atoms with E-state index in [0.29, 0.717) is 16.9 Å². The van der Waals surface area contributed by atoms with E-state index in [1.165, 1.54) is 19.1 Å². The van der Waals surface area contributed by atoms with Crippen LogP contribution in [-0.4, -0.2) is 40.0 Å². The summed E-state index contributed by atoms with van der Waals surface area (Å²) in [6, 6.07) is 21.9. The number of amides is 2. The summed E-state index contributed by atoms with van der Waals surface area (Å²) >= 11 is 0. The Balaban J connectivity index is 1.81. The number of benzene rings is 3. The summed E-state index contributed by atoms with van der Waals surface area (Å²) in [5.74, 6) is -5.04. The van der Waals surface area contributed by atoms with Gasteiger partial charge in [-0.1, -0.05) is 42.5 Å². The number of ether oxygens (including phenoxy) is 1. The number of phenols is 1. The summed E-state index contributed by atoms with van der Waals surface area (Å²) in [5, 5.41) is 27.3. The number of rotatable bonds is 7. The van der Waals surface area contributed by atoms with E-state index in [-0.39, 0.29) is 24.5 Å². The summed E-state index contributed by atoms with van der Waals surface area (Å²) in [6.45, 7) is 3.46. The predicted octanol–water partition coefficient (Wildman–Crippen LogP) is 4.11. The smallest absolute Gasteiger partial charge is 0.235 e. The third-order valence-electron chi connectivity index (χ3n) is 6.58. The minimum absolute atomic E-state index is 0.116. The van der Waals surface area contributed by atoms with Crippen LogP contribution in [-0.2, 0) is 14.4 Å². The highest BCUT2D eigenvalue weighted by atomic mass is 16.5. The van der Waals surface area contributed by atoms with Gasteiger partial charge in [0.25, 0.3) is 0 Å². The van der Waals surface area contributed by atoms with E-state index in [2.05, 4.69) is 10.6 Å². The number of nitrogens with one attached hydrogen (secondary N) is 2. The van der Waals surface area contributed by atoms with Gasteiger partial charge in [0.2, 0.25) is 11.8 Å². The Morgan fingerprint density at radius 3 is 2.08 bits per heavy atom. The van der Waals surface area contributed by atoms with E-state index in [4.69, 9.17) is 4.74 Å². The molecule has 2 amide bonds. The Morgan fingerprint density at radius 2 is 1.51 bits per heavy atom. The van der Waals surface area contributed by atoms with Crippen molar-refractivity contribution in [2.24, 2.45) is 11.8 Å². The normalized spacial score (nSPS) is 23.2. The van der Waals surface area contributed by atoms with Gasteiger partial charge in [0.1, 0.15) is 11.7 Å². The first-order valence-corrected chi connectivity index (χ1v) is 12.1. The van der Waals surface area contributed by atoms with Gasteiger partial charge in [-0.15, -0.1) is 0 Å². The maximum Gasteiger partial charge on any atom is 0.235 e. The first kappa shape index (κ1) is 25.9. The number of carbonyl (C=O) groups is 3. The Morgan fingerprint density at radius 1 is 0.946 bits per heavy atom. The maximum absolute atomic E-state index is 13.7. The number of aliphatic hydroxyl groups is 1. The summed E-state index contributed by atoms with van der Waals surface area (Å²) < 4.78 is 5.53. The van der Waals surface area contributed by atoms with Crippen molar-refractivity contribution in [2.75, 3.05) is 17.2 Å². The number of aromatic hydroxyl groups is 1. The third kappa shape index (κ3) is 5.65. The van der Waals surface area contributed by atoms with Crippen molar-refractivity contribution >= 4 is 29.0 Å². The van der Waals surface area contributed by atoms with Crippen LogP contribution in [0.3, 0.4) is 0 Å². The van der Waals surface area contributed by atoms with Gasteiger partial charge in [-0.2, -0.15) is 0 Å². The van der Waals surface area contributed by atoms with Crippen molar-refractivity contribution in [1.29, 1.82) is 0 Å². The number of hydrogen-bond acceptors (Lipinski definition) is 6. The molecule has 0 aliphatic heterocycles. The number of Topliss-reactive ketones (excluding diaryl/α,β-unsaturated/α-hetero) is 1. The monoisotopic (exact) mass is 502 g/mol. The molecule has 4 atom stereocenters. The summed E-state index contributed by atoms with van der Waals surface area (Å²) in [6.07, 6.45) is -0.375. The Bertz CT molecular complexity index is 1280. The number of ketones is 1. The van der Waals surface area contributed by atoms with Crippen LogP contribution in [0.5, 0.6) is 11.5 Å². The van der Waals surface area contributed by atoms with Gasteiger partial charge in [0, 0.05) is 23.7 Å². The highest BCUT2D eigenvalue weighted by Gasteiger charge is 2.56. The minimum atomic E-state index is -1.74. The van der Waals surface area contributed by atoms with Crippen LogP contribution in [0.25, 0.3) is 0 Å². The fraction of sp³-hybridized carbons (Fsp3) is 0.276. The van der Waals surface area contributed by atoms with Crippen molar-refractivity contribution in [1.82, 2.24) is 0 Å². The van der Waals surface area contributed by atoms with Gasteiger partial charge in [-0.05, 0) is 55.8 Å². The first-order valence-electron chi connectivity index (χ1n) is 12.1. The molecule has 8 heteroatoms. The number of hydrogen-bond donors (Lipinski definition) is 4. The van der Waals surface area contributed by atoms with E-state index in [0.717, 1.165) is 0 Å². The average molecular weight is 503 g/mol. The standard InChI is InChI=1S/C29H30N2O6/c1-3-37-23-16-18(14-15-21(23)32)24-25(27(34)30-19-10-6-4-7-11-19)22(33)17-29(2,36)26(24)28(35)31-20-12-8-5-9-13-20/h4-16,24-26,32,36H,3,17H2,1-2H3,(H,30,34)(H,31,35). The highest BCUT2D eigenvalue weighted by molar-refractivity contribution is 6.10. The van der Waals surface area contributed by atoms with Gasteiger partial charge in [-0.25, -0.2) is 0 Å². The molecular formula is C29H30N2O6. The second-order valence-corrected chi connectivity index (χ2v) is 9.35. The molecule has 3 aromatic carbocycles. The molecule has 0 saturated heterocycles. The van der Waals surface area contributed by atoms with Crippen LogP contribution in [0.15, 0.2) is 78.9 Å². The number of para-hydroxylation sites is 2.